The number of carbonyl (C=O) groups excluding carboxylic acids is 1. The maximum absolute atomic E-state index is 11.9. The molecule has 1 aliphatic rings. The van der Waals surface area contributed by atoms with Gasteiger partial charge in [-0.25, -0.2) is 15.0 Å². The van der Waals surface area contributed by atoms with Crippen LogP contribution in [0, 0.1) is 25.7 Å². The quantitative estimate of drug-likeness (QED) is 0.869. The molecule has 0 bridgehead atoms. The minimum absolute atomic E-state index is 0.109. The predicted molar refractivity (Wildman–Crippen MR) is 94.3 cm³/mol. The molecule has 0 spiro atoms. The van der Waals surface area contributed by atoms with Crippen LogP contribution in [-0.4, -0.2) is 38.8 Å². The third-order valence-corrected chi connectivity index (χ3v) is 4.67. The fourth-order valence-corrected chi connectivity index (χ4v) is 3.43. The van der Waals surface area contributed by atoms with Gasteiger partial charge in [0.15, 0.2) is 5.13 Å². The van der Waals surface area contributed by atoms with E-state index in [0.717, 1.165) is 34.5 Å². The predicted octanol–water partition coefficient (Wildman–Crippen LogP) is 2.63. The highest BCUT2D eigenvalue weighted by molar-refractivity contribution is 7.15. The van der Waals surface area contributed by atoms with Crippen LogP contribution in [0.5, 0.6) is 0 Å². The smallest absolute Gasteiger partial charge is 0.298 e. The third kappa shape index (κ3) is 3.71. The average molecular weight is 341 g/mol. The minimum atomic E-state index is -0.109. The van der Waals surface area contributed by atoms with Crippen LogP contribution in [0.15, 0.2) is 12.3 Å². The number of likely N-dealkylation sites (tertiary alicyclic amines) is 1. The molecule has 1 amide bonds. The fourth-order valence-electron chi connectivity index (χ4n) is 2.76. The summed E-state index contributed by atoms with van der Waals surface area (Å²) in [7, 11) is 0. The molecular weight excluding hydrogens is 322 g/mol. The standard InChI is InChI=1S/C17H19N5OS/c1-4-5-16(23)22-7-6-13(10-22)14-8-15(20-12(3)19-14)21-17-18-9-11(2)24-17/h8-9,13H,6-7,10H2,1-3H3,(H,18,19,20,21). The number of nitrogens with zero attached hydrogens (tertiary/aromatic N) is 4. The zero-order chi connectivity index (χ0) is 17.1. The summed E-state index contributed by atoms with van der Waals surface area (Å²) in [5.41, 5.74) is 0.957. The van der Waals surface area contributed by atoms with Crippen LogP contribution in [0.25, 0.3) is 0 Å². The van der Waals surface area contributed by atoms with Gasteiger partial charge in [-0.2, -0.15) is 0 Å². The Bertz CT molecular complexity index is 820. The van der Waals surface area contributed by atoms with Gasteiger partial charge >= 0.3 is 0 Å². The monoisotopic (exact) mass is 341 g/mol. The van der Waals surface area contributed by atoms with Crippen LogP contribution in [0.2, 0.25) is 0 Å². The molecule has 2 aromatic rings. The summed E-state index contributed by atoms with van der Waals surface area (Å²) in [5.74, 6) is 6.82. The van der Waals surface area contributed by atoms with Gasteiger partial charge in [-0.15, -0.1) is 11.3 Å². The van der Waals surface area contributed by atoms with Gasteiger partial charge in [-0.05, 0) is 33.1 Å². The molecule has 2 aromatic heterocycles. The van der Waals surface area contributed by atoms with Crippen molar-refractivity contribution in [2.45, 2.75) is 33.1 Å². The molecule has 3 rings (SSSR count). The Kier molecular flexibility index (Phi) is 4.76. The van der Waals surface area contributed by atoms with Gasteiger partial charge < -0.3 is 10.2 Å². The molecule has 1 unspecified atom stereocenters. The highest BCUT2D eigenvalue weighted by Crippen LogP contribution is 2.28. The lowest BCUT2D eigenvalue weighted by Gasteiger charge is -2.14. The van der Waals surface area contributed by atoms with Crippen molar-refractivity contribution < 1.29 is 4.79 Å². The molecule has 1 atom stereocenters. The average Bonchev–Trinajstić information content (AvgIpc) is 3.16. The number of hydrogen-bond donors (Lipinski definition) is 1. The minimum Gasteiger partial charge on any atom is -0.331 e. The number of aryl methyl sites for hydroxylation is 2. The van der Waals surface area contributed by atoms with Gasteiger partial charge in [0.1, 0.15) is 11.6 Å². The van der Waals surface area contributed by atoms with Crippen LogP contribution >= 0.6 is 11.3 Å². The van der Waals surface area contributed by atoms with E-state index in [2.05, 4.69) is 32.1 Å². The molecule has 1 saturated heterocycles. The molecule has 24 heavy (non-hydrogen) atoms. The summed E-state index contributed by atoms with van der Waals surface area (Å²) in [6.45, 7) is 6.94. The lowest BCUT2D eigenvalue weighted by Crippen LogP contribution is -2.27. The lowest BCUT2D eigenvalue weighted by atomic mass is 10.0. The molecule has 124 valence electrons. The zero-order valence-electron chi connectivity index (χ0n) is 14.0. The normalized spacial score (nSPS) is 16.6. The molecule has 0 aromatic carbocycles. The molecule has 0 aliphatic carbocycles. The number of anilines is 2. The Morgan fingerprint density at radius 3 is 2.96 bits per heavy atom. The van der Waals surface area contributed by atoms with E-state index in [0.29, 0.717) is 12.4 Å². The Hall–Kier alpha value is -2.46. The van der Waals surface area contributed by atoms with Crippen molar-refractivity contribution in [1.29, 1.82) is 0 Å². The van der Waals surface area contributed by atoms with Crippen molar-refractivity contribution in [2.75, 3.05) is 18.4 Å². The number of aromatic nitrogens is 3. The van der Waals surface area contributed by atoms with E-state index in [1.165, 1.54) is 0 Å². The highest BCUT2D eigenvalue weighted by Gasteiger charge is 2.28. The topological polar surface area (TPSA) is 71.0 Å². The first kappa shape index (κ1) is 16.4. The number of amides is 1. The van der Waals surface area contributed by atoms with E-state index >= 15 is 0 Å². The third-order valence-electron chi connectivity index (χ3n) is 3.84. The van der Waals surface area contributed by atoms with E-state index in [1.54, 1.807) is 23.2 Å². The first-order valence-electron chi connectivity index (χ1n) is 7.82. The number of nitrogens with one attached hydrogen (secondary N) is 1. The van der Waals surface area contributed by atoms with Gasteiger partial charge in [0, 0.05) is 36.1 Å². The maximum Gasteiger partial charge on any atom is 0.298 e. The van der Waals surface area contributed by atoms with E-state index in [9.17, 15) is 4.79 Å². The number of hydrogen-bond acceptors (Lipinski definition) is 6. The summed E-state index contributed by atoms with van der Waals surface area (Å²) in [6.07, 6.45) is 2.72. The van der Waals surface area contributed by atoms with Crippen molar-refractivity contribution in [1.82, 2.24) is 19.9 Å². The van der Waals surface area contributed by atoms with Crippen molar-refractivity contribution >= 4 is 28.2 Å². The highest BCUT2D eigenvalue weighted by atomic mass is 32.1. The summed E-state index contributed by atoms with van der Waals surface area (Å²) in [4.78, 5) is 28.1. The van der Waals surface area contributed by atoms with Crippen molar-refractivity contribution in [2.24, 2.45) is 0 Å². The maximum atomic E-state index is 11.9. The largest absolute Gasteiger partial charge is 0.331 e. The first-order valence-corrected chi connectivity index (χ1v) is 8.63. The molecular formula is C17H19N5OS. The number of thiazole rings is 1. The van der Waals surface area contributed by atoms with E-state index in [1.807, 2.05) is 26.1 Å². The second kappa shape index (κ2) is 6.97. The molecule has 1 N–H and O–H groups in total. The van der Waals surface area contributed by atoms with Crippen molar-refractivity contribution in [3.8, 4) is 11.8 Å². The molecule has 0 radical (unpaired) electrons. The molecule has 7 heteroatoms. The summed E-state index contributed by atoms with van der Waals surface area (Å²) in [6, 6.07) is 1.95. The second-order valence-corrected chi connectivity index (χ2v) is 6.97. The summed E-state index contributed by atoms with van der Waals surface area (Å²) >= 11 is 1.59. The summed E-state index contributed by atoms with van der Waals surface area (Å²) in [5, 5.41) is 4.05. The van der Waals surface area contributed by atoms with E-state index in [-0.39, 0.29) is 11.8 Å². The molecule has 1 aliphatic heterocycles. The Balaban J connectivity index is 1.76. The molecule has 0 saturated carbocycles. The number of rotatable bonds is 3. The SMILES string of the molecule is CC#CC(=O)N1CCC(c2cc(Nc3ncc(C)s3)nc(C)n2)C1. The molecule has 3 heterocycles. The van der Waals surface area contributed by atoms with Crippen LogP contribution in [0.4, 0.5) is 10.9 Å². The Morgan fingerprint density at radius 1 is 1.42 bits per heavy atom. The summed E-state index contributed by atoms with van der Waals surface area (Å²) < 4.78 is 0. The van der Waals surface area contributed by atoms with Gasteiger partial charge in [0.25, 0.3) is 5.91 Å². The molecule has 6 nitrogen and oxygen atoms in total. The van der Waals surface area contributed by atoms with Gasteiger partial charge in [-0.3, -0.25) is 4.79 Å². The fraction of sp³-hybridized carbons (Fsp3) is 0.412. The number of carbonyl (C=O) groups is 1. The van der Waals surface area contributed by atoms with E-state index in [4.69, 9.17) is 0 Å². The second-order valence-electron chi connectivity index (χ2n) is 5.74. The van der Waals surface area contributed by atoms with Gasteiger partial charge in [0.05, 0.1) is 5.69 Å². The van der Waals surface area contributed by atoms with Crippen LogP contribution in [0.1, 0.15) is 35.7 Å². The van der Waals surface area contributed by atoms with Gasteiger partial charge in [0.2, 0.25) is 0 Å². The van der Waals surface area contributed by atoms with Gasteiger partial charge in [-0.1, -0.05) is 5.92 Å². The Labute approximate surface area is 145 Å². The van der Waals surface area contributed by atoms with Crippen LogP contribution in [-0.2, 0) is 4.79 Å². The van der Waals surface area contributed by atoms with Crippen LogP contribution in [0.3, 0.4) is 0 Å². The van der Waals surface area contributed by atoms with Crippen LogP contribution < -0.4 is 5.32 Å². The lowest BCUT2D eigenvalue weighted by molar-refractivity contribution is -0.124. The zero-order valence-corrected chi connectivity index (χ0v) is 14.8. The molecule has 1 fully saturated rings. The Morgan fingerprint density at radius 2 is 2.25 bits per heavy atom. The van der Waals surface area contributed by atoms with Crippen molar-refractivity contribution in [3.05, 3.63) is 28.7 Å². The first-order chi connectivity index (χ1) is 11.5. The van der Waals surface area contributed by atoms with Crippen molar-refractivity contribution in [3.63, 3.8) is 0 Å². The van der Waals surface area contributed by atoms with E-state index < -0.39 is 0 Å².